The Morgan fingerprint density at radius 2 is 1.93 bits per heavy atom. The first-order valence-corrected chi connectivity index (χ1v) is 9.50. The van der Waals surface area contributed by atoms with Gasteiger partial charge in [0.25, 0.3) is 17.0 Å². The van der Waals surface area contributed by atoms with Crippen molar-refractivity contribution in [2.45, 2.75) is 26.7 Å². The molecule has 0 aliphatic heterocycles. The zero-order valence-corrected chi connectivity index (χ0v) is 16.2. The largest absolute Gasteiger partial charge is 0.342 e. The summed E-state index contributed by atoms with van der Waals surface area (Å²) in [6.45, 7) is 3.51. The maximum atomic E-state index is 12.3. The molecule has 0 saturated heterocycles. The minimum atomic E-state index is -0.529. The molecule has 0 spiro atoms. The van der Waals surface area contributed by atoms with E-state index in [-0.39, 0.29) is 28.9 Å². The summed E-state index contributed by atoms with van der Waals surface area (Å²) in [5, 5.41) is 10.7. The third kappa shape index (κ3) is 4.01. The number of H-pyrrole nitrogens is 2. The first kappa shape index (κ1) is 19.5. The molecule has 0 saturated carbocycles. The lowest BCUT2D eigenvalue weighted by Crippen LogP contribution is -2.33. The van der Waals surface area contributed by atoms with Crippen LogP contribution in [0.1, 0.15) is 33.7 Å². The highest BCUT2D eigenvalue weighted by atomic mass is 32.1. The molecule has 2 amide bonds. The average molecular weight is 401 g/mol. The van der Waals surface area contributed by atoms with E-state index in [0.29, 0.717) is 10.6 Å². The van der Waals surface area contributed by atoms with E-state index in [4.69, 9.17) is 0 Å². The van der Waals surface area contributed by atoms with Crippen LogP contribution in [-0.2, 0) is 11.2 Å². The summed E-state index contributed by atoms with van der Waals surface area (Å²) in [7, 11) is 0. The van der Waals surface area contributed by atoms with E-state index in [9.17, 15) is 19.2 Å². The van der Waals surface area contributed by atoms with Crippen LogP contribution in [0.25, 0.3) is 10.8 Å². The highest BCUT2D eigenvalue weighted by molar-refractivity contribution is 7.13. The molecule has 0 bridgehead atoms. The van der Waals surface area contributed by atoms with Crippen molar-refractivity contribution in [2.75, 3.05) is 11.9 Å². The van der Waals surface area contributed by atoms with Crippen LogP contribution in [-0.4, -0.2) is 33.5 Å². The molecule has 2 heterocycles. The zero-order chi connectivity index (χ0) is 20.3. The topological polar surface area (TPSA) is 137 Å². The second-order valence-electron chi connectivity index (χ2n) is 6.14. The van der Waals surface area contributed by atoms with Gasteiger partial charge < -0.3 is 10.6 Å². The zero-order valence-electron chi connectivity index (χ0n) is 15.3. The minimum Gasteiger partial charge on any atom is -0.342 e. The van der Waals surface area contributed by atoms with E-state index >= 15 is 0 Å². The van der Waals surface area contributed by atoms with Gasteiger partial charge in [-0.1, -0.05) is 13.0 Å². The molecule has 0 radical (unpaired) electrons. The molecule has 4 N–H and O–H groups in total. The average Bonchev–Trinajstić information content (AvgIpc) is 3.03. The van der Waals surface area contributed by atoms with Crippen LogP contribution in [0.4, 0.5) is 5.69 Å². The van der Waals surface area contributed by atoms with Gasteiger partial charge in [-0.3, -0.25) is 29.4 Å². The van der Waals surface area contributed by atoms with Gasteiger partial charge in [-0.05, 0) is 31.9 Å². The SMILES string of the molecule is CCCc1nc(C)c(C(=O)NCC(=O)Nc2cccc3c(=O)[nH][nH]c(=O)c23)s1. The molecule has 0 aliphatic carbocycles. The Morgan fingerprint density at radius 1 is 1.18 bits per heavy atom. The molecular formula is C18H19N5O4S. The predicted molar refractivity (Wildman–Crippen MR) is 107 cm³/mol. The van der Waals surface area contributed by atoms with Gasteiger partial charge in [0.2, 0.25) is 5.91 Å². The number of benzene rings is 1. The monoisotopic (exact) mass is 401 g/mol. The summed E-state index contributed by atoms with van der Waals surface area (Å²) >= 11 is 1.31. The number of thiazole rings is 1. The van der Waals surface area contributed by atoms with E-state index in [2.05, 4.69) is 25.8 Å². The molecule has 10 heteroatoms. The quantitative estimate of drug-likeness (QED) is 0.493. The number of hydrogen-bond acceptors (Lipinski definition) is 6. The van der Waals surface area contributed by atoms with Gasteiger partial charge in [0, 0.05) is 0 Å². The fraction of sp³-hybridized carbons (Fsp3) is 0.278. The molecule has 0 fully saturated rings. The normalized spacial score (nSPS) is 10.8. The molecule has 3 rings (SSSR count). The van der Waals surface area contributed by atoms with Crippen molar-refractivity contribution < 1.29 is 9.59 Å². The molecule has 0 atom stereocenters. The number of nitrogens with zero attached hydrogens (tertiary/aromatic N) is 1. The Bertz CT molecular complexity index is 1160. The van der Waals surface area contributed by atoms with Crippen LogP contribution in [0.3, 0.4) is 0 Å². The Balaban J connectivity index is 1.71. The summed E-state index contributed by atoms with van der Waals surface area (Å²) in [6, 6.07) is 4.56. The van der Waals surface area contributed by atoms with Crippen LogP contribution in [0.2, 0.25) is 0 Å². The van der Waals surface area contributed by atoms with Gasteiger partial charge >= 0.3 is 0 Å². The van der Waals surface area contributed by atoms with E-state index in [1.165, 1.54) is 23.5 Å². The summed E-state index contributed by atoms with van der Waals surface area (Å²) in [6.07, 6.45) is 1.73. The number of nitrogens with one attached hydrogen (secondary N) is 4. The Kier molecular flexibility index (Phi) is 5.69. The van der Waals surface area contributed by atoms with Crippen LogP contribution in [0.15, 0.2) is 27.8 Å². The van der Waals surface area contributed by atoms with Crippen molar-refractivity contribution >= 4 is 39.6 Å². The Hall–Kier alpha value is -3.27. The van der Waals surface area contributed by atoms with Crippen molar-refractivity contribution in [3.05, 3.63) is 54.5 Å². The fourth-order valence-corrected chi connectivity index (χ4v) is 3.84. The fourth-order valence-electron chi connectivity index (χ4n) is 2.75. The summed E-state index contributed by atoms with van der Waals surface area (Å²) in [5.74, 6) is -0.892. The van der Waals surface area contributed by atoms with E-state index in [1.807, 2.05) is 6.92 Å². The van der Waals surface area contributed by atoms with Gasteiger partial charge in [-0.15, -0.1) is 11.3 Å². The number of rotatable bonds is 6. The molecule has 3 aromatic rings. The van der Waals surface area contributed by atoms with E-state index in [0.717, 1.165) is 17.8 Å². The minimum absolute atomic E-state index is 0.0773. The number of anilines is 1. The Labute approximate surface area is 163 Å². The van der Waals surface area contributed by atoms with Crippen LogP contribution in [0.5, 0.6) is 0 Å². The molecular weight excluding hydrogens is 382 g/mol. The maximum Gasteiger partial charge on any atom is 0.272 e. The maximum absolute atomic E-state index is 12.3. The van der Waals surface area contributed by atoms with Gasteiger partial charge in [0.15, 0.2) is 0 Å². The number of amides is 2. The van der Waals surface area contributed by atoms with Gasteiger partial charge in [0.05, 0.1) is 33.7 Å². The number of carbonyl (C=O) groups excluding carboxylic acids is 2. The molecule has 1 aromatic carbocycles. The van der Waals surface area contributed by atoms with Gasteiger partial charge in [-0.2, -0.15) is 0 Å². The van der Waals surface area contributed by atoms with Crippen molar-refractivity contribution in [2.24, 2.45) is 0 Å². The number of aryl methyl sites for hydroxylation is 2. The second kappa shape index (κ2) is 8.17. The smallest absolute Gasteiger partial charge is 0.272 e. The number of aromatic nitrogens is 3. The van der Waals surface area contributed by atoms with E-state index in [1.54, 1.807) is 13.0 Å². The predicted octanol–water partition coefficient (Wildman–Crippen LogP) is 1.30. The summed E-state index contributed by atoms with van der Waals surface area (Å²) in [5.41, 5.74) is -0.171. The van der Waals surface area contributed by atoms with Crippen LogP contribution in [0, 0.1) is 6.92 Å². The third-order valence-electron chi connectivity index (χ3n) is 4.02. The molecule has 9 nitrogen and oxygen atoms in total. The standard InChI is InChI=1S/C18H19N5O4S/c1-3-5-13-20-9(2)15(28-13)18(27)19-8-12(24)21-11-7-4-6-10-14(11)17(26)23-22-16(10)25/h4,6-7H,3,5,8H2,1-2H3,(H,19,27)(H,21,24)(H,22,25)(H,23,26). The highest BCUT2D eigenvalue weighted by Gasteiger charge is 2.16. The lowest BCUT2D eigenvalue weighted by atomic mass is 10.1. The molecule has 2 aromatic heterocycles. The molecule has 0 aliphatic rings. The number of carbonyl (C=O) groups is 2. The van der Waals surface area contributed by atoms with Crippen molar-refractivity contribution in [1.29, 1.82) is 0 Å². The lowest BCUT2D eigenvalue weighted by Gasteiger charge is -2.08. The first-order chi connectivity index (χ1) is 13.4. The number of fused-ring (bicyclic) bond motifs is 1. The van der Waals surface area contributed by atoms with Crippen molar-refractivity contribution in [3.8, 4) is 0 Å². The lowest BCUT2D eigenvalue weighted by molar-refractivity contribution is -0.115. The highest BCUT2D eigenvalue weighted by Crippen LogP contribution is 2.19. The van der Waals surface area contributed by atoms with Crippen molar-refractivity contribution in [1.82, 2.24) is 20.5 Å². The second-order valence-corrected chi connectivity index (χ2v) is 7.22. The van der Waals surface area contributed by atoms with Crippen molar-refractivity contribution in [3.63, 3.8) is 0 Å². The van der Waals surface area contributed by atoms with E-state index < -0.39 is 17.0 Å². The number of aromatic amines is 2. The van der Waals surface area contributed by atoms with Gasteiger partial charge in [-0.25, -0.2) is 4.98 Å². The summed E-state index contributed by atoms with van der Waals surface area (Å²) in [4.78, 5) is 53.3. The van der Waals surface area contributed by atoms with Crippen LogP contribution < -0.4 is 21.8 Å². The molecule has 0 unspecified atom stereocenters. The molecule has 146 valence electrons. The first-order valence-electron chi connectivity index (χ1n) is 8.68. The third-order valence-corrected chi connectivity index (χ3v) is 5.24. The Morgan fingerprint density at radius 3 is 2.68 bits per heavy atom. The van der Waals surface area contributed by atoms with Crippen LogP contribution >= 0.6 is 11.3 Å². The molecule has 28 heavy (non-hydrogen) atoms. The number of hydrogen-bond donors (Lipinski definition) is 4. The summed E-state index contributed by atoms with van der Waals surface area (Å²) < 4.78 is 0. The van der Waals surface area contributed by atoms with Gasteiger partial charge in [0.1, 0.15) is 4.88 Å².